The quantitative estimate of drug-likeness (QED) is 0.726. The molecule has 3 N–H and O–H groups in total. The molecule has 0 radical (unpaired) electrons. The smallest absolute Gasteiger partial charge is 0.338 e. The number of nitrogens with one attached hydrogen (secondary N) is 1. The van der Waals surface area contributed by atoms with Gasteiger partial charge >= 0.3 is 5.97 Å². The molecule has 0 heterocycles. The Kier molecular flexibility index (Phi) is 8.39. The van der Waals surface area contributed by atoms with Crippen LogP contribution in [0.25, 0.3) is 0 Å². The van der Waals surface area contributed by atoms with Gasteiger partial charge in [-0.15, -0.1) is 12.4 Å². The maximum Gasteiger partial charge on any atom is 0.338 e. The minimum Gasteiger partial charge on any atom is -0.462 e. The van der Waals surface area contributed by atoms with Crippen molar-refractivity contribution < 1.29 is 22.7 Å². The highest BCUT2D eigenvalue weighted by molar-refractivity contribution is 7.90. The Bertz CT molecular complexity index is 704. The molecule has 0 saturated heterocycles. The van der Waals surface area contributed by atoms with Gasteiger partial charge in [-0.2, -0.15) is 0 Å². The van der Waals surface area contributed by atoms with Crippen molar-refractivity contribution in [2.75, 3.05) is 18.2 Å². The maximum absolute atomic E-state index is 12.1. The van der Waals surface area contributed by atoms with E-state index in [2.05, 4.69) is 5.32 Å². The number of carbonyl (C=O) groups is 2. The molecule has 0 saturated carbocycles. The van der Waals surface area contributed by atoms with Crippen LogP contribution in [0.4, 0.5) is 5.69 Å². The third-order valence-corrected chi connectivity index (χ3v) is 4.41. The van der Waals surface area contributed by atoms with Crippen molar-refractivity contribution in [1.29, 1.82) is 0 Å². The topological polar surface area (TPSA) is 116 Å². The Labute approximate surface area is 148 Å². The summed E-state index contributed by atoms with van der Waals surface area (Å²) in [6.07, 6.45) is 1.02. The Morgan fingerprint density at radius 2 is 1.83 bits per heavy atom. The molecular formula is C15H23ClN2O5S. The summed E-state index contributed by atoms with van der Waals surface area (Å²) in [6, 6.07) is 3.53. The molecule has 0 aliphatic rings. The molecule has 0 fully saturated rings. The average molecular weight is 379 g/mol. The van der Waals surface area contributed by atoms with E-state index in [1.165, 1.54) is 18.2 Å². The summed E-state index contributed by atoms with van der Waals surface area (Å²) in [4.78, 5) is 23.8. The maximum atomic E-state index is 12.1. The summed E-state index contributed by atoms with van der Waals surface area (Å²) in [6.45, 7) is 5.16. The SMILES string of the molecule is CCOC(=O)c1cc(NC(=O)C(C)C(C)N)cc(S(C)(=O)=O)c1.Cl. The number of nitrogens with two attached hydrogens (primary N) is 1. The van der Waals surface area contributed by atoms with Crippen LogP contribution < -0.4 is 11.1 Å². The molecular weight excluding hydrogens is 356 g/mol. The monoisotopic (exact) mass is 378 g/mol. The molecule has 7 nitrogen and oxygen atoms in total. The summed E-state index contributed by atoms with van der Waals surface area (Å²) in [5.74, 6) is -1.49. The summed E-state index contributed by atoms with van der Waals surface area (Å²) >= 11 is 0. The highest BCUT2D eigenvalue weighted by Crippen LogP contribution is 2.21. The van der Waals surface area contributed by atoms with Gasteiger partial charge in [0.05, 0.1) is 23.0 Å². The largest absolute Gasteiger partial charge is 0.462 e. The number of carbonyl (C=O) groups excluding carboxylic acids is 2. The van der Waals surface area contributed by atoms with Gasteiger partial charge in [0.1, 0.15) is 0 Å². The first-order valence-electron chi connectivity index (χ1n) is 7.15. The van der Waals surface area contributed by atoms with E-state index in [9.17, 15) is 18.0 Å². The van der Waals surface area contributed by atoms with Gasteiger partial charge in [0.15, 0.2) is 9.84 Å². The number of esters is 1. The van der Waals surface area contributed by atoms with Gasteiger partial charge in [0.25, 0.3) is 0 Å². The van der Waals surface area contributed by atoms with Crippen molar-refractivity contribution in [3.05, 3.63) is 23.8 Å². The van der Waals surface area contributed by atoms with Crippen LogP contribution in [0.3, 0.4) is 0 Å². The number of benzene rings is 1. The fraction of sp³-hybridized carbons (Fsp3) is 0.467. The van der Waals surface area contributed by atoms with Crippen LogP contribution in [0, 0.1) is 5.92 Å². The van der Waals surface area contributed by atoms with Gasteiger partial charge in [-0.25, -0.2) is 13.2 Å². The number of ether oxygens (including phenoxy) is 1. The van der Waals surface area contributed by atoms with E-state index in [4.69, 9.17) is 10.5 Å². The molecule has 0 spiro atoms. The van der Waals surface area contributed by atoms with Gasteiger partial charge < -0.3 is 15.8 Å². The zero-order valence-corrected chi connectivity index (χ0v) is 15.7. The van der Waals surface area contributed by atoms with Crippen LogP contribution in [0.1, 0.15) is 31.1 Å². The number of hydrogen-bond acceptors (Lipinski definition) is 6. The predicted octanol–water partition coefficient (Wildman–Crippen LogP) is 1.61. The number of amides is 1. The van der Waals surface area contributed by atoms with E-state index in [1.807, 2.05) is 0 Å². The molecule has 1 amide bonds. The average Bonchev–Trinajstić information content (AvgIpc) is 2.45. The lowest BCUT2D eigenvalue weighted by Gasteiger charge is -2.16. The minimum atomic E-state index is -3.55. The molecule has 9 heteroatoms. The standard InChI is InChI=1S/C15H22N2O5S.ClH/c1-5-22-15(19)11-6-12(8-13(7-11)23(4,20)21)17-14(18)9(2)10(3)16;/h6-10H,5,16H2,1-4H3,(H,17,18);1H. The third-order valence-electron chi connectivity index (χ3n) is 3.32. The van der Waals surface area contributed by atoms with Gasteiger partial charge in [0, 0.05) is 18.0 Å². The van der Waals surface area contributed by atoms with E-state index in [-0.39, 0.29) is 47.1 Å². The number of anilines is 1. The number of halogens is 1. The molecule has 2 unspecified atom stereocenters. The van der Waals surface area contributed by atoms with Crippen LogP contribution >= 0.6 is 12.4 Å². The molecule has 0 bridgehead atoms. The Hall–Kier alpha value is -1.64. The highest BCUT2D eigenvalue weighted by Gasteiger charge is 2.20. The van der Waals surface area contributed by atoms with Crippen LogP contribution in [0.5, 0.6) is 0 Å². The van der Waals surface area contributed by atoms with Crippen molar-refractivity contribution >= 4 is 39.8 Å². The van der Waals surface area contributed by atoms with Crippen LogP contribution in [-0.2, 0) is 19.4 Å². The van der Waals surface area contributed by atoms with Crippen molar-refractivity contribution in [3.63, 3.8) is 0 Å². The van der Waals surface area contributed by atoms with Crippen molar-refractivity contribution in [2.45, 2.75) is 31.7 Å². The molecule has 24 heavy (non-hydrogen) atoms. The first kappa shape index (κ1) is 22.4. The molecule has 1 aromatic carbocycles. The first-order valence-corrected chi connectivity index (χ1v) is 9.04. The minimum absolute atomic E-state index is 0. The summed E-state index contributed by atoms with van der Waals surface area (Å²) in [5, 5.41) is 2.58. The van der Waals surface area contributed by atoms with Crippen molar-refractivity contribution in [2.24, 2.45) is 11.7 Å². The zero-order chi connectivity index (χ0) is 17.8. The molecule has 0 aromatic heterocycles. The fourth-order valence-electron chi connectivity index (χ4n) is 1.71. The predicted molar refractivity (Wildman–Crippen MR) is 94.2 cm³/mol. The van der Waals surface area contributed by atoms with E-state index >= 15 is 0 Å². The van der Waals surface area contributed by atoms with Gasteiger partial charge in [-0.3, -0.25) is 4.79 Å². The highest BCUT2D eigenvalue weighted by atomic mass is 35.5. The number of hydrogen-bond donors (Lipinski definition) is 2. The number of sulfone groups is 1. The second kappa shape index (κ2) is 9.00. The molecule has 1 aromatic rings. The lowest BCUT2D eigenvalue weighted by molar-refractivity contribution is -0.119. The van der Waals surface area contributed by atoms with E-state index < -0.39 is 21.7 Å². The summed E-state index contributed by atoms with van der Waals surface area (Å²) < 4.78 is 28.4. The summed E-state index contributed by atoms with van der Waals surface area (Å²) in [7, 11) is -3.55. The van der Waals surface area contributed by atoms with Crippen molar-refractivity contribution in [3.8, 4) is 0 Å². The van der Waals surface area contributed by atoms with E-state index in [1.54, 1.807) is 20.8 Å². The zero-order valence-electron chi connectivity index (χ0n) is 14.0. The Morgan fingerprint density at radius 1 is 1.25 bits per heavy atom. The third kappa shape index (κ3) is 6.10. The lowest BCUT2D eigenvalue weighted by atomic mass is 10.0. The summed E-state index contributed by atoms with van der Waals surface area (Å²) in [5.41, 5.74) is 5.93. The molecule has 2 atom stereocenters. The second-order valence-electron chi connectivity index (χ2n) is 5.38. The Morgan fingerprint density at radius 3 is 2.29 bits per heavy atom. The van der Waals surface area contributed by atoms with Crippen LogP contribution in [0.2, 0.25) is 0 Å². The van der Waals surface area contributed by atoms with Gasteiger partial charge in [-0.1, -0.05) is 6.92 Å². The second-order valence-corrected chi connectivity index (χ2v) is 7.39. The molecule has 0 aliphatic carbocycles. The molecule has 136 valence electrons. The normalized spacial score (nSPS) is 13.4. The van der Waals surface area contributed by atoms with Crippen LogP contribution in [-0.4, -0.2) is 39.2 Å². The van der Waals surface area contributed by atoms with Crippen molar-refractivity contribution in [1.82, 2.24) is 0 Å². The Balaban J connectivity index is 0.00000529. The van der Waals surface area contributed by atoms with Gasteiger partial charge in [0.2, 0.25) is 5.91 Å². The first-order chi connectivity index (χ1) is 10.6. The van der Waals surface area contributed by atoms with E-state index in [0.29, 0.717) is 0 Å². The molecule has 1 rings (SSSR count). The fourth-order valence-corrected chi connectivity index (χ4v) is 2.39. The van der Waals surface area contributed by atoms with Gasteiger partial charge in [-0.05, 0) is 32.0 Å². The number of rotatable bonds is 6. The lowest BCUT2D eigenvalue weighted by Crippen LogP contribution is -2.34. The molecule has 0 aliphatic heterocycles. The van der Waals surface area contributed by atoms with Crippen LogP contribution in [0.15, 0.2) is 23.1 Å². The van der Waals surface area contributed by atoms with E-state index in [0.717, 1.165) is 6.26 Å².